The average molecular weight is 398 g/mol. The summed E-state index contributed by atoms with van der Waals surface area (Å²) in [6.07, 6.45) is 1.80. The fourth-order valence-corrected chi connectivity index (χ4v) is 3.16. The molecular weight excluding hydrogens is 372 g/mol. The largest absolute Gasteiger partial charge is 0.361 e. The van der Waals surface area contributed by atoms with Crippen molar-refractivity contribution >= 4 is 11.6 Å². The van der Waals surface area contributed by atoms with E-state index in [0.29, 0.717) is 13.1 Å². The molecule has 1 aromatic carbocycles. The van der Waals surface area contributed by atoms with Crippen LogP contribution < -0.4 is 5.32 Å². The van der Waals surface area contributed by atoms with Crippen LogP contribution in [-0.2, 0) is 13.1 Å². The molecule has 1 N–H and O–H groups in total. The van der Waals surface area contributed by atoms with E-state index in [2.05, 4.69) is 26.9 Å². The van der Waals surface area contributed by atoms with E-state index in [0.717, 1.165) is 55.7 Å². The van der Waals surface area contributed by atoms with Crippen molar-refractivity contribution in [2.75, 3.05) is 32.7 Å². The number of piperazine rings is 1. The smallest absolute Gasteiger partial charge is 0.269 e. The van der Waals surface area contributed by atoms with E-state index in [1.165, 1.54) is 12.1 Å². The Labute approximate surface area is 169 Å². The summed E-state index contributed by atoms with van der Waals surface area (Å²) in [6, 6.07) is 8.46. The topological polar surface area (TPSA) is 100 Å². The van der Waals surface area contributed by atoms with Gasteiger partial charge in [0.25, 0.3) is 5.69 Å². The summed E-state index contributed by atoms with van der Waals surface area (Å²) >= 11 is 0. The minimum atomic E-state index is -0.399. The molecule has 0 bridgehead atoms. The van der Waals surface area contributed by atoms with E-state index in [1.54, 1.807) is 18.2 Å². The first kappa shape index (κ1) is 20.5. The van der Waals surface area contributed by atoms with Gasteiger partial charge in [0.1, 0.15) is 5.76 Å². The minimum absolute atomic E-state index is 0.0844. The maximum atomic E-state index is 10.8. The molecule has 29 heavy (non-hydrogen) atoms. The van der Waals surface area contributed by atoms with Gasteiger partial charge >= 0.3 is 0 Å². The molecule has 0 unspecified atom stereocenters. The highest BCUT2D eigenvalue weighted by atomic mass is 16.6. The van der Waals surface area contributed by atoms with Crippen LogP contribution in [0.5, 0.6) is 0 Å². The van der Waals surface area contributed by atoms with Gasteiger partial charge in [-0.25, -0.2) is 4.99 Å². The second-order valence-corrected chi connectivity index (χ2v) is 6.93. The Morgan fingerprint density at radius 2 is 2.07 bits per heavy atom. The van der Waals surface area contributed by atoms with Crippen molar-refractivity contribution in [2.45, 2.75) is 20.0 Å². The van der Waals surface area contributed by atoms with E-state index >= 15 is 0 Å². The molecule has 9 heteroatoms. The van der Waals surface area contributed by atoms with Crippen LogP contribution in [0.25, 0.3) is 0 Å². The summed E-state index contributed by atoms with van der Waals surface area (Å²) in [7, 11) is 0. The van der Waals surface area contributed by atoms with Gasteiger partial charge in [0.2, 0.25) is 0 Å². The highest BCUT2D eigenvalue weighted by molar-refractivity contribution is 5.80. The van der Waals surface area contributed by atoms with Crippen molar-refractivity contribution < 1.29 is 9.45 Å². The van der Waals surface area contributed by atoms with Crippen molar-refractivity contribution in [1.29, 1.82) is 0 Å². The SMILES string of the molecule is C=CCNC(=NCc1ccc([N+](=O)[O-])cc1)N1CCN(Cc2cc(C)on2)CC1. The van der Waals surface area contributed by atoms with E-state index < -0.39 is 4.92 Å². The van der Waals surface area contributed by atoms with Crippen LogP contribution in [0, 0.1) is 17.0 Å². The number of benzene rings is 1. The fourth-order valence-electron chi connectivity index (χ4n) is 3.16. The monoisotopic (exact) mass is 398 g/mol. The number of non-ortho nitro benzene ring substituents is 1. The molecule has 1 aliphatic rings. The number of nitro groups is 1. The van der Waals surface area contributed by atoms with Crippen molar-refractivity contribution in [2.24, 2.45) is 4.99 Å². The van der Waals surface area contributed by atoms with Crippen LogP contribution >= 0.6 is 0 Å². The van der Waals surface area contributed by atoms with Crippen LogP contribution in [0.2, 0.25) is 0 Å². The third kappa shape index (κ3) is 5.89. The quantitative estimate of drug-likeness (QED) is 0.251. The maximum Gasteiger partial charge on any atom is 0.269 e. The zero-order chi connectivity index (χ0) is 20.6. The number of rotatable bonds is 7. The van der Waals surface area contributed by atoms with Crippen molar-refractivity contribution in [3.05, 3.63) is 70.1 Å². The van der Waals surface area contributed by atoms with Gasteiger partial charge in [-0.15, -0.1) is 6.58 Å². The molecular formula is C20H26N6O3. The minimum Gasteiger partial charge on any atom is -0.361 e. The molecule has 0 amide bonds. The fraction of sp³-hybridized carbons (Fsp3) is 0.400. The lowest BCUT2D eigenvalue weighted by atomic mass is 10.2. The zero-order valence-corrected chi connectivity index (χ0v) is 16.6. The lowest BCUT2D eigenvalue weighted by Crippen LogP contribution is -2.52. The van der Waals surface area contributed by atoms with Gasteiger partial charge in [-0.3, -0.25) is 15.0 Å². The Balaban J connectivity index is 1.58. The molecule has 1 aromatic heterocycles. The Hall–Kier alpha value is -3.20. The second-order valence-electron chi connectivity index (χ2n) is 6.93. The van der Waals surface area contributed by atoms with Crippen molar-refractivity contribution in [3.8, 4) is 0 Å². The molecule has 1 saturated heterocycles. The van der Waals surface area contributed by atoms with Crippen LogP contribution in [-0.4, -0.2) is 58.6 Å². The Morgan fingerprint density at radius 3 is 2.66 bits per heavy atom. The Morgan fingerprint density at radius 1 is 1.34 bits per heavy atom. The van der Waals surface area contributed by atoms with Gasteiger partial charge in [-0.2, -0.15) is 0 Å². The Kier molecular flexibility index (Phi) is 6.96. The van der Waals surface area contributed by atoms with E-state index in [4.69, 9.17) is 9.52 Å². The number of hydrogen-bond donors (Lipinski definition) is 1. The Bertz CT molecular complexity index is 853. The first-order valence-corrected chi connectivity index (χ1v) is 9.57. The van der Waals surface area contributed by atoms with Gasteiger partial charge < -0.3 is 14.7 Å². The highest BCUT2D eigenvalue weighted by Gasteiger charge is 2.20. The number of aliphatic imine (C=N–C) groups is 1. The summed E-state index contributed by atoms with van der Waals surface area (Å²) in [6.45, 7) is 11.0. The third-order valence-electron chi connectivity index (χ3n) is 4.70. The number of nitrogens with one attached hydrogen (secondary N) is 1. The molecule has 2 heterocycles. The van der Waals surface area contributed by atoms with Crippen LogP contribution in [0.1, 0.15) is 17.0 Å². The number of nitrogens with zero attached hydrogens (tertiary/aromatic N) is 5. The average Bonchev–Trinajstić information content (AvgIpc) is 3.14. The van der Waals surface area contributed by atoms with Gasteiger partial charge in [0.15, 0.2) is 5.96 Å². The molecule has 0 aliphatic carbocycles. The number of guanidine groups is 1. The first-order chi connectivity index (χ1) is 14.0. The molecule has 9 nitrogen and oxygen atoms in total. The summed E-state index contributed by atoms with van der Waals surface area (Å²) in [5.41, 5.74) is 1.96. The molecule has 1 fully saturated rings. The molecule has 3 rings (SSSR count). The molecule has 0 spiro atoms. The summed E-state index contributed by atoms with van der Waals surface area (Å²) in [4.78, 5) is 19.7. The predicted molar refractivity (Wildman–Crippen MR) is 111 cm³/mol. The standard InChI is InChI=1S/C20H26N6O3/c1-3-8-21-20(22-14-17-4-6-19(7-5-17)26(27)28)25-11-9-24(10-12-25)15-18-13-16(2)29-23-18/h3-7,13H,1,8-12,14-15H2,2H3,(H,21,22). The van der Waals surface area contributed by atoms with Crippen LogP contribution in [0.4, 0.5) is 5.69 Å². The van der Waals surface area contributed by atoms with Gasteiger partial charge in [0.05, 0.1) is 17.2 Å². The first-order valence-electron chi connectivity index (χ1n) is 9.57. The summed E-state index contributed by atoms with van der Waals surface area (Å²) in [5, 5.41) is 18.2. The molecule has 1 aliphatic heterocycles. The molecule has 2 aromatic rings. The normalized spacial score (nSPS) is 15.3. The lowest BCUT2D eigenvalue weighted by molar-refractivity contribution is -0.384. The maximum absolute atomic E-state index is 10.8. The third-order valence-corrected chi connectivity index (χ3v) is 4.70. The molecule has 0 atom stereocenters. The zero-order valence-electron chi connectivity index (χ0n) is 16.6. The van der Waals surface area contributed by atoms with Crippen molar-refractivity contribution in [3.63, 3.8) is 0 Å². The van der Waals surface area contributed by atoms with Crippen LogP contribution in [0.15, 0.2) is 52.5 Å². The highest BCUT2D eigenvalue weighted by Crippen LogP contribution is 2.13. The second kappa shape index (κ2) is 9.83. The van der Waals surface area contributed by atoms with E-state index in [9.17, 15) is 10.1 Å². The van der Waals surface area contributed by atoms with Crippen molar-refractivity contribution in [1.82, 2.24) is 20.3 Å². The summed E-state index contributed by atoms with van der Waals surface area (Å²) in [5.74, 6) is 1.65. The van der Waals surface area contributed by atoms with Gasteiger partial charge in [0, 0.05) is 57.5 Å². The van der Waals surface area contributed by atoms with E-state index in [-0.39, 0.29) is 5.69 Å². The number of hydrogen-bond acceptors (Lipinski definition) is 6. The van der Waals surface area contributed by atoms with E-state index in [1.807, 2.05) is 13.0 Å². The van der Waals surface area contributed by atoms with Gasteiger partial charge in [-0.1, -0.05) is 23.4 Å². The number of nitro benzene ring substituents is 1. The number of aromatic nitrogens is 1. The molecule has 154 valence electrons. The van der Waals surface area contributed by atoms with Gasteiger partial charge in [-0.05, 0) is 12.5 Å². The molecule has 0 saturated carbocycles. The lowest BCUT2D eigenvalue weighted by Gasteiger charge is -2.36. The number of aryl methyl sites for hydroxylation is 1. The molecule has 0 radical (unpaired) electrons. The predicted octanol–water partition coefficient (Wildman–Crippen LogP) is 2.34. The van der Waals surface area contributed by atoms with Crippen LogP contribution in [0.3, 0.4) is 0 Å². The summed E-state index contributed by atoms with van der Waals surface area (Å²) < 4.78 is 5.14.